The van der Waals surface area contributed by atoms with Gasteiger partial charge in [0.05, 0.1) is 0 Å². The third kappa shape index (κ3) is 2.35. The molecule has 98 valence electrons. The first-order chi connectivity index (χ1) is 8.86. The van der Waals surface area contributed by atoms with Crippen molar-refractivity contribution in [3.05, 3.63) is 23.9 Å². The Kier molecular flexibility index (Phi) is 3.48. The smallest absolute Gasteiger partial charge is 0.128 e. The number of pyridine rings is 1. The minimum Gasteiger partial charge on any atom is -0.355 e. The van der Waals surface area contributed by atoms with Crippen molar-refractivity contribution in [1.82, 2.24) is 9.88 Å². The lowest BCUT2D eigenvalue weighted by Crippen LogP contribution is -2.35. The molecule has 0 aliphatic carbocycles. The highest BCUT2D eigenvalue weighted by Gasteiger charge is 2.29. The minimum atomic E-state index is 0.573. The number of nitrogens with two attached hydrogens (primary N) is 1. The van der Waals surface area contributed by atoms with Crippen LogP contribution in [0.4, 0.5) is 5.82 Å². The molecule has 0 amide bonds. The summed E-state index contributed by atoms with van der Waals surface area (Å²) in [6, 6.07) is 4.93. The number of anilines is 1. The average Bonchev–Trinajstić information content (AvgIpc) is 3.09. The molecule has 0 saturated carbocycles. The molecule has 0 radical (unpaired) electrons. The van der Waals surface area contributed by atoms with Gasteiger partial charge in [0.15, 0.2) is 0 Å². The second kappa shape index (κ2) is 5.24. The molecule has 2 fully saturated rings. The van der Waals surface area contributed by atoms with Crippen LogP contribution in [0, 0.1) is 0 Å². The Bertz CT molecular complexity index is 383. The predicted molar refractivity (Wildman–Crippen MR) is 73.6 cm³/mol. The molecule has 4 nitrogen and oxygen atoms in total. The summed E-state index contributed by atoms with van der Waals surface area (Å²) in [5.41, 5.74) is 6.70. The Hall–Kier alpha value is -1.13. The maximum Gasteiger partial charge on any atom is 0.128 e. The second-order valence-corrected chi connectivity index (χ2v) is 5.36. The van der Waals surface area contributed by atoms with Gasteiger partial charge in [0.25, 0.3) is 0 Å². The molecule has 1 aromatic heterocycles. The second-order valence-electron chi connectivity index (χ2n) is 5.36. The molecule has 1 aromatic rings. The maximum atomic E-state index is 5.60. The predicted octanol–water partition coefficient (Wildman–Crippen LogP) is 1.21. The monoisotopic (exact) mass is 246 g/mol. The topological polar surface area (TPSA) is 45.4 Å². The van der Waals surface area contributed by atoms with Crippen molar-refractivity contribution in [3.63, 3.8) is 0 Å². The number of hydrogen-bond acceptors (Lipinski definition) is 4. The van der Waals surface area contributed by atoms with Crippen LogP contribution in [0.3, 0.4) is 0 Å². The Labute approximate surface area is 109 Å². The number of rotatable bonds is 3. The highest BCUT2D eigenvalue weighted by Crippen LogP contribution is 2.23. The summed E-state index contributed by atoms with van der Waals surface area (Å²) in [6.45, 7) is 5.42. The highest BCUT2D eigenvalue weighted by atomic mass is 15.3. The van der Waals surface area contributed by atoms with E-state index in [9.17, 15) is 0 Å². The Balaban J connectivity index is 1.63. The number of hydrogen-bond donors (Lipinski definition) is 1. The van der Waals surface area contributed by atoms with E-state index in [0.29, 0.717) is 6.54 Å². The zero-order chi connectivity index (χ0) is 12.4. The molecule has 0 bridgehead atoms. The molecule has 2 saturated heterocycles. The van der Waals surface area contributed by atoms with E-state index in [2.05, 4.69) is 26.9 Å². The molecule has 0 spiro atoms. The van der Waals surface area contributed by atoms with Gasteiger partial charge >= 0.3 is 0 Å². The molecule has 3 heterocycles. The van der Waals surface area contributed by atoms with E-state index in [-0.39, 0.29) is 0 Å². The molecule has 0 aromatic carbocycles. The van der Waals surface area contributed by atoms with Crippen LogP contribution in [0.25, 0.3) is 0 Å². The van der Waals surface area contributed by atoms with Crippen molar-refractivity contribution >= 4 is 5.82 Å². The third-order valence-electron chi connectivity index (χ3n) is 4.19. The van der Waals surface area contributed by atoms with E-state index in [0.717, 1.165) is 30.5 Å². The van der Waals surface area contributed by atoms with Gasteiger partial charge in [0, 0.05) is 31.9 Å². The Morgan fingerprint density at radius 3 is 2.72 bits per heavy atom. The first-order valence-corrected chi connectivity index (χ1v) is 7.01. The van der Waals surface area contributed by atoms with Gasteiger partial charge < -0.3 is 10.6 Å². The van der Waals surface area contributed by atoms with Crippen LogP contribution in [-0.4, -0.2) is 42.1 Å². The minimum absolute atomic E-state index is 0.573. The maximum absolute atomic E-state index is 5.60. The fourth-order valence-electron chi connectivity index (χ4n) is 3.08. The van der Waals surface area contributed by atoms with Crippen LogP contribution in [0.1, 0.15) is 24.8 Å². The fraction of sp³-hybridized carbons (Fsp3) is 0.643. The van der Waals surface area contributed by atoms with Gasteiger partial charge in [-0.25, -0.2) is 4.98 Å². The lowest BCUT2D eigenvalue weighted by atomic mass is 10.2. The van der Waals surface area contributed by atoms with E-state index in [1.807, 2.05) is 6.20 Å². The van der Waals surface area contributed by atoms with Crippen molar-refractivity contribution in [2.45, 2.75) is 31.8 Å². The van der Waals surface area contributed by atoms with Gasteiger partial charge in [-0.15, -0.1) is 0 Å². The molecular weight excluding hydrogens is 224 g/mol. The third-order valence-corrected chi connectivity index (χ3v) is 4.19. The lowest BCUT2D eigenvalue weighted by Gasteiger charge is -2.24. The summed E-state index contributed by atoms with van der Waals surface area (Å²) in [5, 5.41) is 0. The van der Waals surface area contributed by atoms with E-state index < -0.39 is 0 Å². The molecular formula is C14H22N4. The molecule has 2 N–H and O–H groups in total. The summed E-state index contributed by atoms with van der Waals surface area (Å²) in [4.78, 5) is 9.57. The molecule has 18 heavy (non-hydrogen) atoms. The number of nitrogens with zero attached hydrogens (tertiary/aromatic N) is 3. The summed E-state index contributed by atoms with van der Waals surface area (Å²) < 4.78 is 0. The highest BCUT2D eigenvalue weighted by molar-refractivity contribution is 5.41. The van der Waals surface area contributed by atoms with Crippen LogP contribution in [0.2, 0.25) is 0 Å². The number of likely N-dealkylation sites (tertiary alicyclic amines) is 1. The van der Waals surface area contributed by atoms with Gasteiger partial charge in [-0.1, -0.05) is 6.07 Å². The van der Waals surface area contributed by atoms with Gasteiger partial charge in [-0.05, 0) is 44.0 Å². The fourth-order valence-corrected chi connectivity index (χ4v) is 3.08. The van der Waals surface area contributed by atoms with Crippen molar-refractivity contribution in [1.29, 1.82) is 0 Å². The van der Waals surface area contributed by atoms with Gasteiger partial charge in [-0.2, -0.15) is 0 Å². The summed E-state index contributed by atoms with van der Waals surface area (Å²) in [5.74, 6) is 1.11. The molecule has 2 aliphatic rings. The summed E-state index contributed by atoms with van der Waals surface area (Å²) in [7, 11) is 0. The van der Waals surface area contributed by atoms with Crippen molar-refractivity contribution in [2.75, 3.05) is 31.1 Å². The zero-order valence-corrected chi connectivity index (χ0v) is 10.9. The average molecular weight is 246 g/mol. The van der Waals surface area contributed by atoms with Crippen molar-refractivity contribution in [2.24, 2.45) is 5.73 Å². The normalized spacial score (nSPS) is 24.9. The van der Waals surface area contributed by atoms with E-state index >= 15 is 0 Å². The van der Waals surface area contributed by atoms with Crippen LogP contribution in [0.5, 0.6) is 0 Å². The van der Waals surface area contributed by atoms with E-state index in [1.54, 1.807) is 0 Å². The standard InChI is InChI=1S/C14H22N4/c15-9-12-3-4-14(16-10-12)18-8-5-13(11-18)17-6-1-2-7-17/h3-4,10,13H,1-2,5-9,11,15H2. The van der Waals surface area contributed by atoms with Gasteiger partial charge in [0.1, 0.15) is 5.82 Å². The molecule has 1 unspecified atom stereocenters. The van der Waals surface area contributed by atoms with Crippen molar-refractivity contribution in [3.8, 4) is 0 Å². The van der Waals surface area contributed by atoms with E-state index in [4.69, 9.17) is 5.73 Å². The Morgan fingerprint density at radius 2 is 2.06 bits per heavy atom. The lowest BCUT2D eigenvalue weighted by molar-refractivity contribution is 0.260. The number of aromatic nitrogens is 1. The molecule has 3 rings (SSSR count). The quantitative estimate of drug-likeness (QED) is 0.871. The van der Waals surface area contributed by atoms with Crippen LogP contribution >= 0.6 is 0 Å². The van der Waals surface area contributed by atoms with Gasteiger partial charge in [0.2, 0.25) is 0 Å². The SMILES string of the molecule is NCc1ccc(N2CCC(N3CCCC3)C2)nc1. The van der Waals surface area contributed by atoms with Crippen LogP contribution in [0.15, 0.2) is 18.3 Å². The van der Waals surface area contributed by atoms with Gasteiger partial charge in [-0.3, -0.25) is 4.90 Å². The van der Waals surface area contributed by atoms with Crippen LogP contribution < -0.4 is 10.6 Å². The van der Waals surface area contributed by atoms with E-state index in [1.165, 1.54) is 32.4 Å². The molecule has 1 atom stereocenters. The summed E-state index contributed by atoms with van der Waals surface area (Å²) >= 11 is 0. The first-order valence-electron chi connectivity index (χ1n) is 7.01. The zero-order valence-electron chi connectivity index (χ0n) is 10.9. The first kappa shape index (κ1) is 11.9. The molecule has 4 heteroatoms. The molecule has 2 aliphatic heterocycles. The summed E-state index contributed by atoms with van der Waals surface area (Å²) in [6.07, 6.45) is 5.93. The largest absolute Gasteiger partial charge is 0.355 e. The van der Waals surface area contributed by atoms with Crippen molar-refractivity contribution < 1.29 is 0 Å². The Morgan fingerprint density at radius 1 is 1.22 bits per heavy atom. The van der Waals surface area contributed by atoms with Crippen LogP contribution in [-0.2, 0) is 6.54 Å².